The van der Waals surface area contributed by atoms with E-state index >= 15 is 0 Å². The number of benzene rings is 1. The fourth-order valence-electron chi connectivity index (χ4n) is 3.31. The monoisotopic (exact) mass is 423 g/mol. The summed E-state index contributed by atoms with van der Waals surface area (Å²) < 4.78 is 12.8. The minimum absolute atomic E-state index is 0.0000898. The van der Waals surface area contributed by atoms with Gasteiger partial charge in [0.2, 0.25) is 6.29 Å². The van der Waals surface area contributed by atoms with Crippen LogP contribution in [0.15, 0.2) is 40.6 Å². The quantitative estimate of drug-likeness (QED) is 0.671. The van der Waals surface area contributed by atoms with Gasteiger partial charge in [0, 0.05) is 35.6 Å². The molecule has 1 aromatic rings. The molecule has 0 aromatic heterocycles. The molecule has 0 bridgehead atoms. The normalized spacial score (nSPS) is 25.3. The van der Waals surface area contributed by atoms with Gasteiger partial charge in [0.1, 0.15) is 0 Å². The van der Waals surface area contributed by atoms with Crippen LogP contribution in [0.2, 0.25) is 0 Å². The lowest BCUT2D eigenvalue weighted by molar-refractivity contribution is -0.166. The SMILES string of the molecule is CCO[C@H]1OC(C(=O)NC2CC2)=C[C@@H](c2ccc(Br)cc2)[C@@H]1CCCO. The van der Waals surface area contributed by atoms with Crippen molar-refractivity contribution in [3.05, 3.63) is 46.1 Å². The molecule has 0 saturated heterocycles. The second-order valence-corrected chi connectivity index (χ2v) is 7.74. The zero-order valence-corrected chi connectivity index (χ0v) is 16.6. The van der Waals surface area contributed by atoms with Crippen LogP contribution in [0.1, 0.15) is 44.1 Å². The third-order valence-electron chi connectivity index (χ3n) is 4.80. The molecule has 0 unspecified atom stereocenters. The Morgan fingerprint density at radius 2 is 2.08 bits per heavy atom. The minimum Gasteiger partial charge on any atom is -0.459 e. The van der Waals surface area contributed by atoms with Crippen LogP contribution in [0, 0.1) is 5.92 Å². The third kappa shape index (κ3) is 4.87. The largest absolute Gasteiger partial charge is 0.459 e. The highest BCUT2D eigenvalue weighted by Gasteiger charge is 2.38. The second kappa shape index (κ2) is 9.02. The van der Waals surface area contributed by atoms with Gasteiger partial charge in [-0.15, -0.1) is 0 Å². The Labute approximate surface area is 162 Å². The average Bonchev–Trinajstić information content (AvgIpc) is 3.45. The maximum atomic E-state index is 12.5. The summed E-state index contributed by atoms with van der Waals surface area (Å²) in [5.74, 6) is 0.212. The highest BCUT2D eigenvalue weighted by atomic mass is 79.9. The van der Waals surface area contributed by atoms with Gasteiger partial charge in [-0.05, 0) is 56.4 Å². The second-order valence-electron chi connectivity index (χ2n) is 6.83. The van der Waals surface area contributed by atoms with Gasteiger partial charge in [-0.1, -0.05) is 28.1 Å². The van der Waals surface area contributed by atoms with E-state index in [9.17, 15) is 9.90 Å². The molecule has 26 heavy (non-hydrogen) atoms. The van der Waals surface area contributed by atoms with Crippen LogP contribution < -0.4 is 5.32 Å². The van der Waals surface area contributed by atoms with E-state index < -0.39 is 6.29 Å². The van der Waals surface area contributed by atoms with Gasteiger partial charge >= 0.3 is 0 Å². The molecule has 1 saturated carbocycles. The Morgan fingerprint density at radius 3 is 2.69 bits per heavy atom. The lowest BCUT2D eigenvalue weighted by Gasteiger charge is -2.37. The number of amides is 1. The highest BCUT2D eigenvalue weighted by molar-refractivity contribution is 9.10. The number of halogens is 1. The van der Waals surface area contributed by atoms with E-state index in [4.69, 9.17) is 9.47 Å². The Balaban J connectivity index is 1.90. The molecular formula is C20H26BrNO4. The molecule has 1 fully saturated rings. The maximum Gasteiger partial charge on any atom is 0.286 e. The Kier molecular flexibility index (Phi) is 6.73. The number of carbonyl (C=O) groups excluding carboxylic acids is 1. The van der Waals surface area contributed by atoms with Gasteiger partial charge in [-0.3, -0.25) is 4.79 Å². The molecule has 2 N–H and O–H groups in total. The van der Waals surface area contributed by atoms with Crippen molar-refractivity contribution in [1.29, 1.82) is 0 Å². The summed E-state index contributed by atoms with van der Waals surface area (Å²) in [6.07, 6.45) is 4.91. The number of carbonyl (C=O) groups is 1. The van der Waals surface area contributed by atoms with Gasteiger partial charge in [-0.2, -0.15) is 0 Å². The van der Waals surface area contributed by atoms with Crippen molar-refractivity contribution in [2.45, 2.75) is 50.9 Å². The van der Waals surface area contributed by atoms with E-state index in [0.717, 1.165) is 29.3 Å². The molecule has 1 aromatic carbocycles. The van der Waals surface area contributed by atoms with Gasteiger partial charge in [0.05, 0.1) is 0 Å². The fraction of sp³-hybridized carbons (Fsp3) is 0.550. The summed E-state index contributed by atoms with van der Waals surface area (Å²) >= 11 is 3.47. The number of aliphatic hydroxyl groups is 1. The van der Waals surface area contributed by atoms with Crippen LogP contribution >= 0.6 is 15.9 Å². The molecule has 0 spiro atoms. The molecule has 1 aliphatic heterocycles. The molecule has 3 rings (SSSR count). The first-order valence-corrected chi connectivity index (χ1v) is 10.1. The number of ether oxygens (including phenoxy) is 2. The van der Waals surface area contributed by atoms with E-state index in [0.29, 0.717) is 18.8 Å². The molecule has 6 heteroatoms. The van der Waals surface area contributed by atoms with Gasteiger partial charge in [0.25, 0.3) is 5.91 Å². The standard InChI is InChI=1S/C20H26BrNO4/c1-2-25-20-16(4-3-11-23)17(13-5-7-14(21)8-6-13)12-18(26-20)19(24)22-15-9-10-15/h5-8,12,15-17,20,23H,2-4,9-11H2,1H3,(H,22,24)/t16-,17-,20-/m0/s1. The lowest BCUT2D eigenvalue weighted by atomic mass is 9.80. The predicted molar refractivity (Wildman–Crippen MR) is 102 cm³/mol. The first kappa shape index (κ1) is 19.4. The van der Waals surface area contributed by atoms with Crippen molar-refractivity contribution < 1.29 is 19.4 Å². The first-order valence-electron chi connectivity index (χ1n) is 9.29. The van der Waals surface area contributed by atoms with E-state index in [1.807, 2.05) is 25.1 Å². The molecule has 2 aliphatic rings. The molecule has 0 radical (unpaired) electrons. The molecular weight excluding hydrogens is 398 g/mol. The van der Waals surface area contributed by atoms with Crippen LogP contribution in [-0.2, 0) is 14.3 Å². The van der Waals surface area contributed by atoms with E-state index in [1.165, 1.54) is 0 Å². The maximum absolute atomic E-state index is 12.5. The van der Waals surface area contributed by atoms with Crippen LogP contribution in [0.4, 0.5) is 0 Å². The fourth-order valence-corrected chi connectivity index (χ4v) is 3.58. The summed E-state index contributed by atoms with van der Waals surface area (Å²) in [6, 6.07) is 8.39. The van der Waals surface area contributed by atoms with Crippen molar-refractivity contribution in [2.75, 3.05) is 13.2 Å². The summed E-state index contributed by atoms with van der Waals surface area (Å²) in [4.78, 5) is 12.5. The number of rotatable bonds is 8. The Hall–Kier alpha value is -1.37. The molecule has 5 nitrogen and oxygen atoms in total. The summed E-state index contributed by atoms with van der Waals surface area (Å²) in [6.45, 7) is 2.55. The Morgan fingerprint density at radius 1 is 1.35 bits per heavy atom. The smallest absolute Gasteiger partial charge is 0.286 e. The zero-order chi connectivity index (χ0) is 18.5. The van der Waals surface area contributed by atoms with Crippen LogP contribution in [-0.4, -0.2) is 36.6 Å². The molecule has 3 atom stereocenters. The lowest BCUT2D eigenvalue weighted by Crippen LogP contribution is -2.39. The van der Waals surface area contributed by atoms with E-state index in [1.54, 1.807) is 0 Å². The number of hydrogen-bond acceptors (Lipinski definition) is 4. The van der Waals surface area contributed by atoms with Crippen molar-refractivity contribution in [3.63, 3.8) is 0 Å². The molecule has 1 aliphatic carbocycles. The number of hydrogen-bond donors (Lipinski definition) is 2. The highest BCUT2D eigenvalue weighted by Crippen LogP contribution is 2.39. The van der Waals surface area contributed by atoms with Gasteiger partial charge in [-0.25, -0.2) is 0 Å². The third-order valence-corrected chi connectivity index (χ3v) is 5.33. The topological polar surface area (TPSA) is 67.8 Å². The van der Waals surface area contributed by atoms with Gasteiger partial charge < -0.3 is 19.9 Å². The van der Waals surface area contributed by atoms with Crippen molar-refractivity contribution in [2.24, 2.45) is 5.92 Å². The first-order chi connectivity index (χ1) is 12.6. The van der Waals surface area contributed by atoms with Crippen molar-refractivity contribution in [1.82, 2.24) is 5.32 Å². The van der Waals surface area contributed by atoms with Gasteiger partial charge in [0.15, 0.2) is 5.76 Å². The van der Waals surface area contributed by atoms with Crippen LogP contribution in [0.25, 0.3) is 0 Å². The minimum atomic E-state index is -0.495. The Bertz CT molecular complexity index is 642. The predicted octanol–water partition coefficient (Wildman–Crippen LogP) is 3.48. The summed E-state index contributed by atoms with van der Waals surface area (Å²) in [5, 5.41) is 12.3. The number of aliphatic hydroxyl groups excluding tert-OH is 1. The summed E-state index contributed by atoms with van der Waals surface area (Å²) in [5.41, 5.74) is 1.11. The van der Waals surface area contributed by atoms with Crippen molar-refractivity contribution >= 4 is 21.8 Å². The summed E-state index contributed by atoms with van der Waals surface area (Å²) in [7, 11) is 0. The number of allylic oxidation sites excluding steroid dienone is 1. The van der Waals surface area contributed by atoms with E-state index in [2.05, 4.69) is 33.4 Å². The molecule has 1 amide bonds. The van der Waals surface area contributed by atoms with Crippen LogP contribution in [0.3, 0.4) is 0 Å². The molecule has 142 valence electrons. The molecule has 1 heterocycles. The van der Waals surface area contributed by atoms with Crippen molar-refractivity contribution in [3.8, 4) is 0 Å². The number of nitrogens with one attached hydrogen (secondary N) is 1. The van der Waals surface area contributed by atoms with E-state index in [-0.39, 0.29) is 30.4 Å². The van der Waals surface area contributed by atoms with Crippen LogP contribution in [0.5, 0.6) is 0 Å². The zero-order valence-electron chi connectivity index (χ0n) is 15.0. The average molecular weight is 424 g/mol.